The number of ether oxygens (including phenoxy) is 2. The summed E-state index contributed by atoms with van der Waals surface area (Å²) in [6.07, 6.45) is 1.86. The number of rotatable bonds is 8. The second-order valence-electron chi connectivity index (χ2n) is 7.21. The van der Waals surface area contributed by atoms with Crippen LogP contribution in [0.1, 0.15) is 21.5 Å². The predicted octanol–water partition coefficient (Wildman–Crippen LogP) is 2.86. The van der Waals surface area contributed by atoms with Crippen molar-refractivity contribution in [3.05, 3.63) is 53.1 Å². The Hall–Kier alpha value is -2.07. The van der Waals surface area contributed by atoms with Gasteiger partial charge in [-0.3, -0.25) is 4.79 Å². The Bertz CT molecular complexity index is 1030. The van der Waals surface area contributed by atoms with Crippen molar-refractivity contribution in [2.24, 2.45) is 0 Å². The third-order valence-electron chi connectivity index (χ3n) is 5.22. The lowest BCUT2D eigenvalue weighted by Crippen LogP contribution is -2.41. The minimum Gasteiger partial charge on any atom is -0.492 e. The molecule has 0 radical (unpaired) electrons. The molecule has 31 heavy (non-hydrogen) atoms. The summed E-state index contributed by atoms with van der Waals surface area (Å²) >= 11 is 1.41. The van der Waals surface area contributed by atoms with Crippen molar-refractivity contribution in [1.29, 1.82) is 0 Å². The zero-order valence-corrected chi connectivity index (χ0v) is 19.6. The number of thioether (sulfide) groups is 1. The zero-order chi connectivity index (χ0) is 22.4. The van der Waals surface area contributed by atoms with Crippen LogP contribution < -0.4 is 9.46 Å². The Balaban J connectivity index is 1.68. The fourth-order valence-electron chi connectivity index (χ4n) is 3.26. The van der Waals surface area contributed by atoms with Gasteiger partial charge in [0.05, 0.1) is 23.7 Å². The summed E-state index contributed by atoms with van der Waals surface area (Å²) in [4.78, 5) is 15.5. The standard InChI is InChI=1S/C22H28N2O5S2/c1-16-5-4-6-20(17(16)2)29-12-9-23-31(26,27)18-7-8-21(30-3)19(15-18)22(25)24-10-13-28-14-11-24/h4-8,15,23H,9-14H2,1-3H3. The number of carbonyl (C=O) groups excluding carboxylic acids is 1. The molecule has 1 amide bonds. The summed E-state index contributed by atoms with van der Waals surface area (Å²) in [7, 11) is -3.78. The zero-order valence-electron chi connectivity index (χ0n) is 18.0. The largest absolute Gasteiger partial charge is 0.492 e. The molecule has 168 valence electrons. The normalized spacial score (nSPS) is 14.5. The van der Waals surface area contributed by atoms with Gasteiger partial charge in [-0.1, -0.05) is 12.1 Å². The van der Waals surface area contributed by atoms with E-state index in [0.29, 0.717) is 31.9 Å². The molecule has 0 saturated carbocycles. The minimum atomic E-state index is -3.78. The fraction of sp³-hybridized carbons (Fsp3) is 0.409. The lowest BCUT2D eigenvalue weighted by atomic mass is 10.1. The Morgan fingerprint density at radius 3 is 2.65 bits per heavy atom. The molecule has 1 N–H and O–H groups in total. The molecule has 1 aliphatic rings. The number of benzene rings is 2. The molecule has 1 fully saturated rings. The number of nitrogens with one attached hydrogen (secondary N) is 1. The van der Waals surface area contributed by atoms with Crippen LogP contribution in [0.4, 0.5) is 0 Å². The topological polar surface area (TPSA) is 84.9 Å². The smallest absolute Gasteiger partial charge is 0.255 e. The number of amides is 1. The number of nitrogens with zero attached hydrogens (tertiary/aromatic N) is 1. The quantitative estimate of drug-likeness (QED) is 0.478. The van der Waals surface area contributed by atoms with E-state index in [1.54, 1.807) is 11.0 Å². The van der Waals surface area contributed by atoms with Crippen LogP contribution in [0.25, 0.3) is 0 Å². The highest BCUT2D eigenvalue weighted by molar-refractivity contribution is 7.98. The lowest BCUT2D eigenvalue weighted by Gasteiger charge is -2.27. The van der Waals surface area contributed by atoms with Gasteiger partial charge in [0.2, 0.25) is 10.0 Å². The van der Waals surface area contributed by atoms with Crippen molar-refractivity contribution >= 4 is 27.7 Å². The molecule has 2 aromatic rings. The van der Waals surface area contributed by atoms with E-state index in [-0.39, 0.29) is 24.0 Å². The second-order valence-corrected chi connectivity index (χ2v) is 9.83. The van der Waals surface area contributed by atoms with Gasteiger partial charge in [-0.05, 0) is 55.5 Å². The average molecular weight is 465 g/mol. The predicted molar refractivity (Wildman–Crippen MR) is 122 cm³/mol. The molecule has 0 aliphatic carbocycles. The van der Waals surface area contributed by atoms with E-state index in [4.69, 9.17) is 9.47 Å². The molecule has 0 aromatic heterocycles. The monoisotopic (exact) mass is 464 g/mol. The summed E-state index contributed by atoms with van der Waals surface area (Å²) in [5, 5.41) is 0. The van der Waals surface area contributed by atoms with Gasteiger partial charge in [0.1, 0.15) is 12.4 Å². The molecule has 2 aromatic carbocycles. The van der Waals surface area contributed by atoms with Crippen LogP contribution in [0, 0.1) is 13.8 Å². The third kappa shape index (κ3) is 5.79. The van der Waals surface area contributed by atoms with E-state index in [1.807, 2.05) is 38.3 Å². The van der Waals surface area contributed by atoms with Crippen LogP contribution in [-0.4, -0.2) is 64.9 Å². The van der Waals surface area contributed by atoms with Crippen LogP contribution in [0.2, 0.25) is 0 Å². The second kappa shape index (κ2) is 10.5. The van der Waals surface area contributed by atoms with Gasteiger partial charge in [0, 0.05) is 24.5 Å². The van der Waals surface area contributed by atoms with Crippen molar-refractivity contribution in [2.45, 2.75) is 23.6 Å². The Kier molecular flexibility index (Phi) is 7.99. The van der Waals surface area contributed by atoms with Crippen molar-refractivity contribution in [3.63, 3.8) is 0 Å². The molecular weight excluding hydrogens is 436 g/mol. The molecule has 3 rings (SSSR count). The summed E-state index contributed by atoms with van der Waals surface area (Å²) in [5.41, 5.74) is 2.54. The average Bonchev–Trinajstić information content (AvgIpc) is 2.79. The minimum absolute atomic E-state index is 0.0636. The molecule has 0 unspecified atom stereocenters. The van der Waals surface area contributed by atoms with Crippen LogP contribution in [-0.2, 0) is 14.8 Å². The first-order valence-corrected chi connectivity index (χ1v) is 12.8. The summed E-state index contributed by atoms with van der Waals surface area (Å²) in [6.45, 7) is 6.25. The first-order valence-electron chi connectivity index (χ1n) is 10.1. The number of sulfonamides is 1. The lowest BCUT2D eigenvalue weighted by molar-refractivity contribution is 0.0300. The van der Waals surface area contributed by atoms with Crippen molar-refractivity contribution in [1.82, 2.24) is 9.62 Å². The SMILES string of the molecule is CSc1ccc(S(=O)(=O)NCCOc2cccc(C)c2C)cc1C(=O)N1CCOCC1. The molecule has 1 aliphatic heterocycles. The number of morpholine rings is 1. The van der Waals surface area contributed by atoms with Gasteiger partial charge in [-0.2, -0.15) is 0 Å². The molecule has 7 nitrogen and oxygen atoms in total. The van der Waals surface area contributed by atoms with Gasteiger partial charge in [-0.15, -0.1) is 11.8 Å². The Labute approximate surface area is 188 Å². The molecule has 0 bridgehead atoms. The first-order chi connectivity index (χ1) is 14.8. The third-order valence-corrected chi connectivity index (χ3v) is 7.47. The maximum atomic E-state index is 13.0. The maximum absolute atomic E-state index is 13.0. The van der Waals surface area contributed by atoms with Gasteiger partial charge >= 0.3 is 0 Å². The highest BCUT2D eigenvalue weighted by Gasteiger charge is 2.24. The summed E-state index contributed by atoms with van der Waals surface area (Å²) < 4.78 is 39.2. The molecule has 0 atom stereocenters. The Morgan fingerprint density at radius 1 is 1.19 bits per heavy atom. The molecule has 1 heterocycles. The van der Waals surface area contributed by atoms with E-state index in [0.717, 1.165) is 21.8 Å². The van der Waals surface area contributed by atoms with E-state index >= 15 is 0 Å². The summed E-state index contributed by atoms with van der Waals surface area (Å²) in [5.74, 6) is 0.560. The van der Waals surface area contributed by atoms with Gasteiger partial charge < -0.3 is 14.4 Å². The molecule has 0 spiro atoms. The van der Waals surface area contributed by atoms with Crippen LogP contribution >= 0.6 is 11.8 Å². The van der Waals surface area contributed by atoms with Crippen molar-refractivity contribution in [2.75, 3.05) is 45.7 Å². The van der Waals surface area contributed by atoms with E-state index in [1.165, 1.54) is 23.9 Å². The number of hydrogen-bond acceptors (Lipinski definition) is 6. The number of hydrogen-bond donors (Lipinski definition) is 1. The van der Waals surface area contributed by atoms with Gasteiger partial charge in [0.15, 0.2) is 0 Å². The van der Waals surface area contributed by atoms with E-state index in [9.17, 15) is 13.2 Å². The van der Waals surface area contributed by atoms with Gasteiger partial charge in [-0.25, -0.2) is 13.1 Å². The first kappa shape index (κ1) is 23.6. The summed E-state index contributed by atoms with van der Waals surface area (Å²) in [6, 6.07) is 10.4. The molecule has 1 saturated heterocycles. The highest BCUT2D eigenvalue weighted by Crippen LogP contribution is 2.25. The van der Waals surface area contributed by atoms with Crippen LogP contribution in [0.3, 0.4) is 0 Å². The van der Waals surface area contributed by atoms with E-state index < -0.39 is 10.0 Å². The van der Waals surface area contributed by atoms with Crippen LogP contribution in [0.15, 0.2) is 46.2 Å². The molecule has 9 heteroatoms. The van der Waals surface area contributed by atoms with Crippen LogP contribution in [0.5, 0.6) is 5.75 Å². The Morgan fingerprint density at radius 2 is 1.94 bits per heavy atom. The maximum Gasteiger partial charge on any atom is 0.255 e. The van der Waals surface area contributed by atoms with Crippen molar-refractivity contribution in [3.8, 4) is 5.75 Å². The highest BCUT2D eigenvalue weighted by atomic mass is 32.2. The number of aryl methyl sites for hydroxylation is 1. The molecular formula is C22H28N2O5S2. The number of carbonyl (C=O) groups is 1. The van der Waals surface area contributed by atoms with E-state index in [2.05, 4.69) is 4.72 Å². The fourth-order valence-corrected chi connectivity index (χ4v) is 4.87. The van der Waals surface area contributed by atoms with Crippen molar-refractivity contribution < 1.29 is 22.7 Å². The van der Waals surface area contributed by atoms with Gasteiger partial charge in [0.25, 0.3) is 5.91 Å².